The third-order valence-corrected chi connectivity index (χ3v) is 2.98. The van der Waals surface area contributed by atoms with Crippen molar-refractivity contribution in [2.45, 2.75) is 39.5 Å². The van der Waals surface area contributed by atoms with E-state index in [4.69, 9.17) is 0 Å². The minimum Gasteiger partial charge on any atom is -0.358 e. The van der Waals surface area contributed by atoms with Crippen LogP contribution in [0.4, 0.5) is 4.39 Å². The Hall–Kier alpha value is -1.31. The third kappa shape index (κ3) is 1.84. The van der Waals surface area contributed by atoms with Crippen molar-refractivity contribution in [3.8, 4) is 0 Å². The van der Waals surface area contributed by atoms with Crippen molar-refractivity contribution in [1.82, 2.24) is 4.98 Å². The van der Waals surface area contributed by atoms with E-state index in [9.17, 15) is 4.39 Å². The van der Waals surface area contributed by atoms with Gasteiger partial charge in [0, 0.05) is 22.0 Å². The summed E-state index contributed by atoms with van der Waals surface area (Å²) in [6.07, 6.45) is 0.857. The summed E-state index contributed by atoms with van der Waals surface area (Å²) in [7, 11) is 0. The van der Waals surface area contributed by atoms with Crippen LogP contribution in [0, 0.1) is 5.82 Å². The normalized spacial score (nSPS) is 12.3. The summed E-state index contributed by atoms with van der Waals surface area (Å²) >= 11 is 0. The fourth-order valence-electron chi connectivity index (χ4n) is 1.97. The fourth-order valence-corrected chi connectivity index (χ4v) is 1.97. The highest BCUT2D eigenvalue weighted by Crippen LogP contribution is 2.28. The van der Waals surface area contributed by atoms with E-state index in [1.54, 1.807) is 12.1 Å². The highest BCUT2D eigenvalue weighted by molar-refractivity contribution is 5.84. The predicted octanol–water partition coefficient (Wildman–Crippen LogP) is 4.17. The van der Waals surface area contributed by atoms with E-state index in [-0.39, 0.29) is 11.2 Å². The first kappa shape index (κ1) is 11.2. The lowest BCUT2D eigenvalue weighted by Gasteiger charge is -2.15. The molecule has 0 unspecified atom stereocenters. The third-order valence-electron chi connectivity index (χ3n) is 2.98. The molecule has 0 fully saturated rings. The zero-order chi connectivity index (χ0) is 11.9. The Morgan fingerprint density at radius 1 is 1.19 bits per heavy atom. The minimum atomic E-state index is -0.161. The van der Waals surface area contributed by atoms with Crippen LogP contribution in [-0.4, -0.2) is 4.98 Å². The van der Waals surface area contributed by atoms with Gasteiger partial charge in [0.05, 0.1) is 0 Å². The maximum absolute atomic E-state index is 13.4. The number of benzene rings is 1. The SMILES string of the molecule is CCc1cc(F)cc2[nH]c(C(C)(C)C)cc12. The number of nitrogens with one attached hydrogen (secondary N) is 1. The van der Waals surface area contributed by atoms with Gasteiger partial charge in [-0.05, 0) is 30.2 Å². The summed E-state index contributed by atoms with van der Waals surface area (Å²) in [6.45, 7) is 8.51. The maximum atomic E-state index is 13.4. The lowest BCUT2D eigenvalue weighted by Crippen LogP contribution is -2.10. The Labute approximate surface area is 95.7 Å². The van der Waals surface area contributed by atoms with E-state index in [1.807, 2.05) is 0 Å². The second kappa shape index (κ2) is 3.62. The molecule has 0 aliphatic rings. The molecule has 0 saturated carbocycles. The first-order valence-corrected chi connectivity index (χ1v) is 5.73. The van der Waals surface area contributed by atoms with Gasteiger partial charge in [-0.2, -0.15) is 0 Å². The predicted molar refractivity (Wildman–Crippen MR) is 66.3 cm³/mol. The van der Waals surface area contributed by atoms with Crippen molar-refractivity contribution in [2.24, 2.45) is 0 Å². The van der Waals surface area contributed by atoms with E-state index in [1.165, 1.54) is 0 Å². The van der Waals surface area contributed by atoms with Gasteiger partial charge in [-0.25, -0.2) is 4.39 Å². The monoisotopic (exact) mass is 219 g/mol. The molecular formula is C14H18FN. The van der Waals surface area contributed by atoms with Gasteiger partial charge in [0.25, 0.3) is 0 Å². The molecule has 0 aliphatic carbocycles. The van der Waals surface area contributed by atoms with Crippen LogP contribution in [0.25, 0.3) is 10.9 Å². The quantitative estimate of drug-likeness (QED) is 0.741. The van der Waals surface area contributed by atoms with Crippen LogP contribution in [-0.2, 0) is 11.8 Å². The molecule has 0 amide bonds. The summed E-state index contributed by atoms with van der Waals surface area (Å²) < 4.78 is 13.4. The highest BCUT2D eigenvalue weighted by Gasteiger charge is 2.17. The molecule has 1 aromatic heterocycles. The van der Waals surface area contributed by atoms with Crippen molar-refractivity contribution >= 4 is 10.9 Å². The molecule has 0 bridgehead atoms. The van der Waals surface area contributed by atoms with Crippen LogP contribution in [0.3, 0.4) is 0 Å². The van der Waals surface area contributed by atoms with Crippen LogP contribution in [0.2, 0.25) is 0 Å². The van der Waals surface area contributed by atoms with E-state index in [2.05, 4.69) is 38.7 Å². The molecule has 0 atom stereocenters. The number of hydrogen-bond acceptors (Lipinski definition) is 0. The Morgan fingerprint density at radius 3 is 2.44 bits per heavy atom. The molecule has 0 spiro atoms. The Morgan fingerprint density at radius 2 is 1.88 bits per heavy atom. The van der Waals surface area contributed by atoms with Crippen molar-refractivity contribution in [3.05, 3.63) is 35.3 Å². The Balaban J connectivity index is 2.70. The van der Waals surface area contributed by atoms with E-state index < -0.39 is 0 Å². The molecular weight excluding hydrogens is 201 g/mol. The smallest absolute Gasteiger partial charge is 0.125 e. The van der Waals surface area contributed by atoms with Gasteiger partial charge < -0.3 is 4.98 Å². The molecule has 1 nitrogen and oxygen atoms in total. The average Bonchev–Trinajstić information content (AvgIpc) is 2.59. The number of H-pyrrole nitrogens is 1. The Bertz CT molecular complexity index is 517. The summed E-state index contributed by atoms with van der Waals surface area (Å²) in [5.74, 6) is -0.161. The van der Waals surface area contributed by atoms with Crippen molar-refractivity contribution < 1.29 is 4.39 Å². The maximum Gasteiger partial charge on any atom is 0.125 e. The number of aromatic amines is 1. The number of aryl methyl sites for hydroxylation is 1. The summed E-state index contributed by atoms with van der Waals surface area (Å²) in [6, 6.07) is 5.35. The number of fused-ring (bicyclic) bond motifs is 1. The number of aromatic nitrogens is 1. The van der Waals surface area contributed by atoms with Gasteiger partial charge in [-0.1, -0.05) is 27.7 Å². The molecule has 2 rings (SSSR count). The molecule has 86 valence electrons. The highest BCUT2D eigenvalue weighted by atomic mass is 19.1. The topological polar surface area (TPSA) is 15.8 Å². The molecule has 2 aromatic rings. The molecule has 1 aromatic carbocycles. The zero-order valence-electron chi connectivity index (χ0n) is 10.3. The standard InChI is InChI=1S/C14H18FN/c1-5-9-6-10(15)7-12-11(9)8-13(16-12)14(2,3)4/h6-8,16H,5H2,1-4H3. The van der Waals surface area contributed by atoms with Crippen molar-refractivity contribution in [1.29, 1.82) is 0 Å². The second-order valence-electron chi connectivity index (χ2n) is 5.31. The van der Waals surface area contributed by atoms with Gasteiger partial charge in [-0.3, -0.25) is 0 Å². The van der Waals surface area contributed by atoms with Crippen LogP contribution >= 0.6 is 0 Å². The molecule has 1 heterocycles. The first-order valence-electron chi connectivity index (χ1n) is 5.73. The van der Waals surface area contributed by atoms with E-state index in [0.717, 1.165) is 28.6 Å². The number of hydrogen-bond donors (Lipinski definition) is 1. The Kier molecular flexibility index (Phi) is 2.53. The average molecular weight is 219 g/mol. The van der Waals surface area contributed by atoms with E-state index in [0.29, 0.717) is 0 Å². The van der Waals surface area contributed by atoms with Gasteiger partial charge >= 0.3 is 0 Å². The van der Waals surface area contributed by atoms with Crippen LogP contribution in [0.1, 0.15) is 39.0 Å². The number of rotatable bonds is 1. The van der Waals surface area contributed by atoms with Crippen LogP contribution in [0.5, 0.6) is 0 Å². The molecule has 0 saturated heterocycles. The van der Waals surface area contributed by atoms with Gasteiger partial charge in [0.1, 0.15) is 5.82 Å². The number of halogens is 1. The summed E-state index contributed by atoms with van der Waals surface area (Å²) in [5, 5.41) is 1.15. The molecule has 0 aliphatic heterocycles. The zero-order valence-corrected chi connectivity index (χ0v) is 10.3. The molecule has 2 heteroatoms. The van der Waals surface area contributed by atoms with Crippen LogP contribution < -0.4 is 0 Å². The van der Waals surface area contributed by atoms with Crippen LogP contribution in [0.15, 0.2) is 18.2 Å². The van der Waals surface area contributed by atoms with Gasteiger partial charge in [0.2, 0.25) is 0 Å². The van der Waals surface area contributed by atoms with Crippen molar-refractivity contribution in [3.63, 3.8) is 0 Å². The minimum absolute atomic E-state index is 0.0699. The second-order valence-corrected chi connectivity index (χ2v) is 5.31. The summed E-state index contributed by atoms with van der Waals surface area (Å²) in [4.78, 5) is 3.31. The van der Waals surface area contributed by atoms with E-state index >= 15 is 0 Å². The summed E-state index contributed by atoms with van der Waals surface area (Å²) in [5.41, 5.74) is 3.20. The molecule has 0 radical (unpaired) electrons. The largest absolute Gasteiger partial charge is 0.358 e. The molecule has 1 N–H and O–H groups in total. The first-order chi connectivity index (χ1) is 7.41. The lowest BCUT2D eigenvalue weighted by atomic mass is 9.92. The van der Waals surface area contributed by atoms with Gasteiger partial charge in [0.15, 0.2) is 0 Å². The van der Waals surface area contributed by atoms with Gasteiger partial charge in [-0.15, -0.1) is 0 Å². The lowest BCUT2D eigenvalue weighted by molar-refractivity contribution is 0.574. The molecule has 16 heavy (non-hydrogen) atoms. The van der Waals surface area contributed by atoms with Crippen molar-refractivity contribution in [2.75, 3.05) is 0 Å². The fraction of sp³-hybridized carbons (Fsp3) is 0.429.